The van der Waals surface area contributed by atoms with E-state index in [9.17, 15) is 0 Å². The highest BCUT2D eigenvalue weighted by atomic mass is 79.9. The van der Waals surface area contributed by atoms with E-state index in [0.717, 1.165) is 17.6 Å². The molecule has 0 spiro atoms. The van der Waals surface area contributed by atoms with Gasteiger partial charge in [0.1, 0.15) is 0 Å². The number of rotatable bonds is 9. The Kier molecular flexibility index (Phi) is 8.30. The molecule has 19 heavy (non-hydrogen) atoms. The zero-order chi connectivity index (χ0) is 14.1. The summed E-state index contributed by atoms with van der Waals surface area (Å²) in [5.41, 5.74) is 1.18. The zero-order valence-corrected chi connectivity index (χ0v) is 13.6. The van der Waals surface area contributed by atoms with Crippen LogP contribution in [0.25, 0.3) is 0 Å². The highest BCUT2D eigenvalue weighted by molar-refractivity contribution is 9.10. The number of nitrogens with one attached hydrogen (secondary N) is 1. The number of likely N-dealkylation sites (N-methyl/N-ethyl adjacent to an activating group) is 1. The summed E-state index contributed by atoms with van der Waals surface area (Å²) in [4.78, 5) is 0. The molecular weight excluding hydrogens is 306 g/mol. The van der Waals surface area contributed by atoms with Gasteiger partial charge in [0, 0.05) is 11.0 Å². The van der Waals surface area contributed by atoms with Gasteiger partial charge in [-0.25, -0.2) is 0 Å². The number of ether oxygens (including phenoxy) is 2. The Morgan fingerprint density at radius 2 is 1.95 bits per heavy atom. The molecule has 1 N–H and O–H groups in total. The molecule has 0 radical (unpaired) electrons. The smallest absolute Gasteiger partial charge is 0.0950 e. The quantitative estimate of drug-likeness (QED) is 0.703. The minimum atomic E-state index is 0.0632. The maximum atomic E-state index is 5.93. The van der Waals surface area contributed by atoms with Crippen LogP contribution in [0.1, 0.15) is 32.4 Å². The van der Waals surface area contributed by atoms with E-state index in [1.54, 1.807) is 0 Å². The van der Waals surface area contributed by atoms with Crippen molar-refractivity contribution in [3.8, 4) is 0 Å². The van der Waals surface area contributed by atoms with Crippen LogP contribution in [0.3, 0.4) is 0 Å². The van der Waals surface area contributed by atoms with Crippen LogP contribution in [-0.4, -0.2) is 32.4 Å². The molecule has 1 rings (SSSR count). The van der Waals surface area contributed by atoms with Crippen molar-refractivity contribution in [2.75, 3.05) is 26.3 Å². The van der Waals surface area contributed by atoms with Gasteiger partial charge in [-0.3, -0.25) is 0 Å². The molecule has 0 saturated heterocycles. The fourth-order valence-corrected chi connectivity index (χ4v) is 2.15. The minimum Gasteiger partial charge on any atom is -0.376 e. The average molecular weight is 330 g/mol. The van der Waals surface area contributed by atoms with Gasteiger partial charge in [0.2, 0.25) is 0 Å². The van der Waals surface area contributed by atoms with E-state index in [1.807, 2.05) is 26.0 Å². The van der Waals surface area contributed by atoms with Crippen molar-refractivity contribution in [1.82, 2.24) is 5.32 Å². The molecule has 0 aliphatic carbocycles. The average Bonchev–Trinajstić information content (AvgIpc) is 2.37. The second-order valence-electron chi connectivity index (χ2n) is 4.64. The lowest BCUT2D eigenvalue weighted by atomic mass is 10.1. The largest absolute Gasteiger partial charge is 0.376 e. The fraction of sp³-hybridized carbons (Fsp3) is 0.600. The van der Waals surface area contributed by atoms with Crippen LogP contribution in [0.2, 0.25) is 0 Å². The molecule has 0 bridgehead atoms. The van der Waals surface area contributed by atoms with Crippen LogP contribution in [0.4, 0.5) is 0 Å². The summed E-state index contributed by atoms with van der Waals surface area (Å²) in [5, 5.41) is 3.33. The molecule has 0 amide bonds. The van der Waals surface area contributed by atoms with Crippen molar-refractivity contribution in [2.24, 2.45) is 0 Å². The lowest BCUT2D eigenvalue weighted by Gasteiger charge is -2.19. The summed E-state index contributed by atoms with van der Waals surface area (Å²) >= 11 is 3.50. The van der Waals surface area contributed by atoms with Gasteiger partial charge < -0.3 is 14.8 Å². The number of halogens is 1. The molecule has 108 valence electrons. The van der Waals surface area contributed by atoms with Crippen LogP contribution in [0.15, 0.2) is 28.7 Å². The normalized spacial score (nSPS) is 12.9. The molecule has 4 heteroatoms. The van der Waals surface area contributed by atoms with E-state index < -0.39 is 0 Å². The van der Waals surface area contributed by atoms with Crippen molar-refractivity contribution >= 4 is 15.9 Å². The Morgan fingerprint density at radius 1 is 1.21 bits per heavy atom. The molecule has 0 heterocycles. The fourth-order valence-electron chi connectivity index (χ4n) is 1.73. The van der Waals surface area contributed by atoms with Crippen LogP contribution in [0.5, 0.6) is 0 Å². The second-order valence-corrected chi connectivity index (χ2v) is 5.56. The maximum absolute atomic E-state index is 5.93. The van der Waals surface area contributed by atoms with Gasteiger partial charge in [0.05, 0.1) is 25.4 Å². The summed E-state index contributed by atoms with van der Waals surface area (Å²) in [5.74, 6) is 0. The van der Waals surface area contributed by atoms with Gasteiger partial charge >= 0.3 is 0 Å². The van der Waals surface area contributed by atoms with Gasteiger partial charge in [-0.15, -0.1) is 0 Å². The monoisotopic (exact) mass is 329 g/mol. The Labute approximate surface area is 124 Å². The number of benzene rings is 1. The lowest BCUT2D eigenvalue weighted by molar-refractivity contribution is -0.0129. The van der Waals surface area contributed by atoms with Crippen molar-refractivity contribution in [3.63, 3.8) is 0 Å². The maximum Gasteiger partial charge on any atom is 0.0950 e. The topological polar surface area (TPSA) is 30.5 Å². The first-order valence-electron chi connectivity index (χ1n) is 6.82. The summed E-state index contributed by atoms with van der Waals surface area (Å²) in [7, 11) is 0. The lowest BCUT2D eigenvalue weighted by Crippen LogP contribution is -2.24. The SMILES string of the molecule is CCNCC(OCCOC(C)C)c1cccc(Br)c1. The predicted molar refractivity (Wildman–Crippen MR) is 82.5 cm³/mol. The predicted octanol–water partition coefficient (Wildman–Crippen LogP) is 3.54. The van der Waals surface area contributed by atoms with E-state index in [-0.39, 0.29) is 12.2 Å². The van der Waals surface area contributed by atoms with Crippen LogP contribution >= 0.6 is 15.9 Å². The zero-order valence-electron chi connectivity index (χ0n) is 12.0. The molecular formula is C15H24BrNO2. The molecule has 1 atom stereocenters. The Morgan fingerprint density at radius 3 is 2.58 bits per heavy atom. The summed E-state index contributed by atoms with van der Waals surface area (Å²) in [6, 6.07) is 8.25. The third-order valence-electron chi connectivity index (χ3n) is 2.65. The van der Waals surface area contributed by atoms with Gasteiger partial charge in [-0.2, -0.15) is 0 Å². The third-order valence-corrected chi connectivity index (χ3v) is 3.15. The van der Waals surface area contributed by atoms with E-state index in [4.69, 9.17) is 9.47 Å². The van der Waals surface area contributed by atoms with Crippen molar-refractivity contribution in [2.45, 2.75) is 33.0 Å². The Balaban J connectivity index is 2.51. The van der Waals surface area contributed by atoms with Gasteiger partial charge in [0.15, 0.2) is 0 Å². The van der Waals surface area contributed by atoms with E-state index in [2.05, 4.69) is 40.3 Å². The molecule has 0 fully saturated rings. The Bertz CT molecular complexity index is 358. The van der Waals surface area contributed by atoms with Crippen molar-refractivity contribution in [1.29, 1.82) is 0 Å². The van der Waals surface area contributed by atoms with Crippen LogP contribution in [0, 0.1) is 0 Å². The standard InChI is InChI=1S/C15H24BrNO2/c1-4-17-11-15(19-9-8-18-12(2)3)13-6-5-7-14(16)10-13/h5-7,10,12,15,17H,4,8-9,11H2,1-3H3. The highest BCUT2D eigenvalue weighted by Crippen LogP contribution is 2.20. The molecule has 0 aromatic heterocycles. The molecule has 0 aliphatic rings. The van der Waals surface area contributed by atoms with E-state index in [0.29, 0.717) is 13.2 Å². The first-order valence-corrected chi connectivity index (χ1v) is 7.62. The van der Waals surface area contributed by atoms with E-state index in [1.165, 1.54) is 5.56 Å². The van der Waals surface area contributed by atoms with Gasteiger partial charge in [0.25, 0.3) is 0 Å². The summed E-state index contributed by atoms with van der Waals surface area (Å²) in [6.45, 7) is 9.16. The molecule has 0 saturated carbocycles. The van der Waals surface area contributed by atoms with Crippen molar-refractivity contribution < 1.29 is 9.47 Å². The van der Waals surface area contributed by atoms with Crippen molar-refractivity contribution in [3.05, 3.63) is 34.3 Å². The third kappa shape index (κ3) is 7.06. The summed E-state index contributed by atoms with van der Waals surface area (Å²) < 4.78 is 12.5. The van der Waals surface area contributed by atoms with Crippen LogP contribution in [-0.2, 0) is 9.47 Å². The molecule has 0 aliphatic heterocycles. The Hall–Kier alpha value is -0.420. The van der Waals surface area contributed by atoms with E-state index >= 15 is 0 Å². The summed E-state index contributed by atoms with van der Waals surface area (Å²) in [6.07, 6.45) is 0.315. The first-order chi connectivity index (χ1) is 9.13. The first kappa shape index (κ1) is 16.6. The van der Waals surface area contributed by atoms with Crippen LogP contribution < -0.4 is 5.32 Å². The highest BCUT2D eigenvalue weighted by Gasteiger charge is 2.11. The molecule has 1 aromatic carbocycles. The number of hydrogen-bond donors (Lipinski definition) is 1. The molecule has 3 nitrogen and oxygen atoms in total. The molecule has 1 unspecified atom stereocenters. The van der Waals surface area contributed by atoms with Gasteiger partial charge in [-0.1, -0.05) is 35.0 Å². The second kappa shape index (κ2) is 9.48. The molecule has 1 aromatic rings. The number of hydrogen-bond acceptors (Lipinski definition) is 3. The van der Waals surface area contributed by atoms with Gasteiger partial charge in [-0.05, 0) is 38.1 Å². The minimum absolute atomic E-state index is 0.0632.